The van der Waals surface area contributed by atoms with Crippen LogP contribution in [0.4, 0.5) is 5.69 Å². The first-order valence-electron chi connectivity index (χ1n) is 6.31. The summed E-state index contributed by atoms with van der Waals surface area (Å²) in [5.41, 5.74) is 1.65. The van der Waals surface area contributed by atoms with Gasteiger partial charge in [0.1, 0.15) is 5.01 Å². The zero-order valence-electron chi connectivity index (χ0n) is 12.0. The van der Waals surface area contributed by atoms with Crippen molar-refractivity contribution in [3.05, 3.63) is 40.1 Å². The highest BCUT2D eigenvalue weighted by Crippen LogP contribution is 2.23. The second kappa shape index (κ2) is 5.58. The Morgan fingerprint density at radius 1 is 1.35 bits per heavy atom. The van der Waals surface area contributed by atoms with Crippen LogP contribution in [0.3, 0.4) is 0 Å². The van der Waals surface area contributed by atoms with E-state index in [4.69, 9.17) is 0 Å². The van der Waals surface area contributed by atoms with Crippen LogP contribution in [0.15, 0.2) is 23.8 Å². The van der Waals surface area contributed by atoms with Crippen LogP contribution in [0, 0.1) is 6.92 Å². The summed E-state index contributed by atoms with van der Waals surface area (Å²) < 4.78 is 0. The first-order valence-corrected chi connectivity index (χ1v) is 7.19. The molecular weight excluding hydrogens is 272 g/mol. The first-order chi connectivity index (χ1) is 9.44. The fraction of sp³-hybridized carbons (Fsp3) is 0.357. The average Bonchev–Trinajstić information content (AvgIpc) is 2.92. The number of amides is 1. The number of aryl methyl sites for hydroxylation is 1. The summed E-state index contributed by atoms with van der Waals surface area (Å²) in [6, 6.07) is 1.85. The number of carbonyl (C=O) groups excluding carboxylic acids is 1. The third-order valence-corrected chi connectivity index (χ3v) is 4.04. The lowest BCUT2D eigenvalue weighted by Crippen LogP contribution is -2.41. The van der Waals surface area contributed by atoms with Crippen LogP contribution in [0.2, 0.25) is 0 Å². The van der Waals surface area contributed by atoms with Crippen molar-refractivity contribution < 1.29 is 4.79 Å². The van der Waals surface area contributed by atoms with E-state index in [1.165, 1.54) is 11.3 Å². The molecule has 0 saturated heterocycles. The maximum absolute atomic E-state index is 12.4. The maximum Gasteiger partial charge on any atom is 0.255 e. The van der Waals surface area contributed by atoms with Gasteiger partial charge >= 0.3 is 0 Å². The van der Waals surface area contributed by atoms with Gasteiger partial charge in [-0.1, -0.05) is 0 Å². The van der Waals surface area contributed by atoms with Crippen molar-refractivity contribution in [3.8, 4) is 0 Å². The molecule has 2 aromatic heterocycles. The zero-order valence-corrected chi connectivity index (χ0v) is 12.8. The van der Waals surface area contributed by atoms with Gasteiger partial charge in [0.25, 0.3) is 5.91 Å². The summed E-state index contributed by atoms with van der Waals surface area (Å²) >= 11 is 1.52. The van der Waals surface area contributed by atoms with E-state index in [2.05, 4.69) is 20.6 Å². The SMILES string of the molecule is CNc1cc(C)ncc1C(=O)NC(C)(C)c1nccs1. The minimum atomic E-state index is -0.513. The topological polar surface area (TPSA) is 66.9 Å². The Labute approximate surface area is 122 Å². The second-order valence-electron chi connectivity index (χ2n) is 5.04. The molecule has 2 rings (SSSR count). The van der Waals surface area contributed by atoms with E-state index in [0.29, 0.717) is 5.56 Å². The van der Waals surface area contributed by atoms with Gasteiger partial charge in [0.15, 0.2) is 0 Å². The number of hydrogen-bond donors (Lipinski definition) is 2. The van der Waals surface area contributed by atoms with E-state index in [1.807, 2.05) is 32.2 Å². The van der Waals surface area contributed by atoms with Crippen LogP contribution in [-0.2, 0) is 5.54 Å². The highest BCUT2D eigenvalue weighted by Gasteiger charge is 2.27. The summed E-state index contributed by atoms with van der Waals surface area (Å²) in [6.07, 6.45) is 3.33. The number of pyridine rings is 1. The molecule has 0 aliphatic heterocycles. The van der Waals surface area contributed by atoms with Crippen molar-refractivity contribution in [2.75, 3.05) is 12.4 Å². The molecule has 1 amide bonds. The predicted octanol–water partition coefficient (Wildman–Crippen LogP) is 2.55. The lowest BCUT2D eigenvalue weighted by atomic mass is 10.1. The van der Waals surface area contributed by atoms with Gasteiger partial charge < -0.3 is 10.6 Å². The van der Waals surface area contributed by atoms with Crippen molar-refractivity contribution in [2.24, 2.45) is 0 Å². The van der Waals surface area contributed by atoms with Crippen LogP contribution in [0.1, 0.15) is 34.9 Å². The summed E-state index contributed by atoms with van der Waals surface area (Å²) in [5, 5.41) is 8.79. The Morgan fingerprint density at radius 3 is 2.70 bits per heavy atom. The molecule has 0 spiro atoms. The number of carbonyl (C=O) groups is 1. The second-order valence-corrected chi connectivity index (χ2v) is 5.93. The Morgan fingerprint density at radius 2 is 2.10 bits per heavy atom. The molecule has 6 heteroatoms. The van der Waals surface area contributed by atoms with Crippen molar-refractivity contribution in [2.45, 2.75) is 26.3 Å². The fourth-order valence-electron chi connectivity index (χ4n) is 1.88. The summed E-state index contributed by atoms with van der Waals surface area (Å²) in [6.45, 7) is 5.76. The minimum Gasteiger partial charge on any atom is -0.387 e. The molecule has 2 aromatic rings. The summed E-state index contributed by atoms with van der Waals surface area (Å²) in [5.74, 6) is -0.165. The normalized spacial score (nSPS) is 11.2. The smallest absolute Gasteiger partial charge is 0.255 e. The number of rotatable bonds is 4. The number of nitrogens with one attached hydrogen (secondary N) is 2. The molecule has 0 aliphatic carbocycles. The average molecular weight is 290 g/mol. The van der Waals surface area contributed by atoms with E-state index in [1.54, 1.807) is 19.4 Å². The molecule has 0 atom stereocenters. The molecule has 0 fully saturated rings. The molecule has 0 bridgehead atoms. The maximum atomic E-state index is 12.4. The van der Waals surface area contributed by atoms with Crippen LogP contribution >= 0.6 is 11.3 Å². The minimum absolute atomic E-state index is 0.165. The molecule has 0 aliphatic rings. The molecule has 20 heavy (non-hydrogen) atoms. The molecule has 0 radical (unpaired) electrons. The number of aromatic nitrogens is 2. The number of nitrogens with zero attached hydrogens (tertiary/aromatic N) is 2. The third kappa shape index (κ3) is 2.96. The molecular formula is C14H18N4OS. The van der Waals surface area contributed by atoms with Gasteiger partial charge in [0.2, 0.25) is 0 Å². The van der Waals surface area contributed by atoms with Gasteiger partial charge in [-0.3, -0.25) is 9.78 Å². The molecule has 5 nitrogen and oxygen atoms in total. The Bertz CT molecular complexity index is 608. The third-order valence-electron chi connectivity index (χ3n) is 2.95. The largest absolute Gasteiger partial charge is 0.387 e. The van der Waals surface area contributed by atoms with E-state index in [0.717, 1.165) is 16.4 Å². The first kappa shape index (κ1) is 14.5. The highest BCUT2D eigenvalue weighted by molar-refractivity contribution is 7.09. The molecule has 0 unspecified atom stereocenters. The van der Waals surface area contributed by atoms with Gasteiger partial charge in [0.05, 0.1) is 16.8 Å². The quantitative estimate of drug-likeness (QED) is 0.908. The Hall–Kier alpha value is -1.95. The molecule has 0 saturated carbocycles. The molecule has 2 heterocycles. The van der Waals surface area contributed by atoms with Crippen molar-refractivity contribution in [3.63, 3.8) is 0 Å². The molecule has 0 aromatic carbocycles. The van der Waals surface area contributed by atoms with Crippen molar-refractivity contribution in [1.29, 1.82) is 0 Å². The zero-order chi connectivity index (χ0) is 14.8. The van der Waals surface area contributed by atoms with Crippen molar-refractivity contribution >= 4 is 22.9 Å². The standard InChI is InChI=1S/C14H18N4OS/c1-9-7-11(15-4)10(8-17-9)12(19)18-14(2,3)13-16-5-6-20-13/h5-8H,1-4H3,(H,15,17)(H,18,19). The van der Waals surface area contributed by atoms with Crippen LogP contribution in [0.5, 0.6) is 0 Å². The predicted molar refractivity (Wildman–Crippen MR) is 81.1 cm³/mol. The van der Waals surface area contributed by atoms with E-state index < -0.39 is 5.54 Å². The number of anilines is 1. The lowest BCUT2D eigenvalue weighted by molar-refractivity contribution is 0.0912. The van der Waals surface area contributed by atoms with Crippen LogP contribution in [0.25, 0.3) is 0 Å². The van der Waals surface area contributed by atoms with Crippen LogP contribution < -0.4 is 10.6 Å². The van der Waals surface area contributed by atoms with E-state index >= 15 is 0 Å². The van der Waals surface area contributed by atoms with Gasteiger partial charge in [-0.15, -0.1) is 11.3 Å². The van der Waals surface area contributed by atoms with Gasteiger partial charge in [0, 0.05) is 30.5 Å². The van der Waals surface area contributed by atoms with Crippen LogP contribution in [-0.4, -0.2) is 22.9 Å². The Kier molecular flexibility index (Phi) is 4.04. The van der Waals surface area contributed by atoms with E-state index in [-0.39, 0.29) is 5.91 Å². The summed E-state index contributed by atoms with van der Waals surface area (Å²) in [7, 11) is 1.79. The van der Waals surface area contributed by atoms with Gasteiger partial charge in [-0.2, -0.15) is 0 Å². The van der Waals surface area contributed by atoms with Gasteiger partial charge in [-0.05, 0) is 26.8 Å². The highest BCUT2D eigenvalue weighted by atomic mass is 32.1. The monoisotopic (exact) mass is 290 g/mol. The number of hydrogen-bond acceptors (Lipinski definition) is 5. The Balaban J connectivity index is 2.25. The molecule has 106 valence electrons. The van der Waals surface area contributed by atoms with Crippen molar-refractivity contribution in [1.82, 2.24) is 15.3 Å². The lowest BCUT2D eigenvalue weighted by Gasteiger charge is -2.24. The van der Waals surface area contributed by atoms with Gasteiger partial charge in [-0.25, -0.2) is 4.98 Å². The fourth-order valence-corrected chi connectivity index (χ4v) is 2.60. The molecule has 2 N–H and O–H groups in total. The van der Waals surface area contributed by atoms with E-state index in [9.17, 15) is 4.79 Å². The number of thiazole rings is 1. The summed E-state index contributed by atoms with van der Waals surface area (Å²) in [4.78, 5) is 20.9.